The maximum atomic E-state index is 11.7. The number of hydrogen-bond acceptors (Lipinski definition) is 5. The predicted molar refractivity (Wildman–Crippen MR) is 69.4 cm³/mol. The second kappa shape index (κ2) is 5.10. The Labute approximate surface area is 111 Å². The minimum atomic E-state index is -0.394. The Hall–Kier alpha value is -1.36. The summed E-state index contributed by atoms with van der Waals surface area (Å²) >= 11 is 1.53. The molecule has 1 aromatic rings. The predicted octanol–water partition coefficient (Wildman–Crippen LogP) is 2.50. The molecular formula is C13H16O4S. The van der Waals surface area contributed by atoms with Gasteiger partial charge in [0.15, 0.2) is 11.5 Å². The van der Waals surface area contributed by atoms with E-state index in [9.17, 15) is 4.79 Å². The van der Waals surface area contributed by atoms with Gasteiger partial charge in [-0.15, -0.1) is 11.8 Å². The highest BCUT2D eigenvalue weighted by Crippen LogP contribution is 2.53. The van der Waals surface area contributed by atoms with Crippen molar-refractivity contribution in [3.05, 3.63) is 18.2 Å². The second-order valence-electron chi connectivity index (χ2n) is 4.10. The van der Waals surface area contributed by atoms with E-state index in [-0.39, 0.29) is 5.97 Å². The number of esters is 1. The van der Waals surface area contributed by atoms with Crippen LogP contribution in [0.1, 0.15) is 12.8 Å². The van der Waals surface area contributed by atoms with Gasteiger partial charge in [-0.1, -0.05) is 0 Å². The minimum Gasteiger partial charge on any atom is -0.493 e. The summed E-state index contributed by atoms with van der Waals surface area (Å²) in [4.78, 5) is 12.7. The van der Waals surface area contributed by atoms with Gasteiger partial charge in [0.1, 0.15) is 4.75 Å². The normalized spacial score (nSPS) is 15.9. The third-order valence-corrected chi connectivity index (χ3v) is 4.39. The number of methoxy groups -OCH3 is 3. The largest absolute Gasteiger partial charge is 0.493 e. The standard InChI is InChI=1S/C13H16O4S/c1-15-10-5-4-9(8-11(10)16-2)18-13(6-7-13)12(14)17-3/h4-5,8H,6-7H2,1-3H3. The molecule has 0 amide bonds. The summed E-state index contributed by atoms with van der Waals surface area (Å²) in [5, 5.41) is 0. The van der Waals surface area contributed by atoms with Gasteiger partial charge in [0.2, 0.25) is 0 Å². The molecule has 0 N–H and O–H groups in total. The van der Waals surface area contributed by atoms with E-state index in [1.165, 1.54) is 18.9 Å². The molecule has 0 atom stereocenters. The Morgan fingerprint density at radius 1 is 1.17 bits per heavy atom. The molecule has 2 rings (SSSR count). The van der Waals surface area contributed by atoms with Gasteiger partial charge in [-0.2, -0.15) is 0 Å². The van der Waals surface area contributed by atoms with Crippen LogP contribution in [0.15, 0.2) is 23.1 Å². The summed E-state index contributed by atoms with van der Waals surface area (Å²) < 4.78 is 14.9. The van der Waals surface area contributed by atoms with Crippen LogP contribution in [-0.2, 0) is 9.53 Å². The molecule has 0 aromatic heterocycles. The van der Waals surface area contributed by atoms with E-state index in [1.54, 1.807) is 14.2 Å². The fraction of sp³-hybridized carbons (Fsp3) is 0.462. The van der Waals surface area contributed by atoms with Gasteiger partial charge < -0.3 is 14.2 Å². The lowest BCUT2D eigenvalue weighted by molar-refractivity contribution is -0.140. The van der Waals surface area contributed by atoms with Crippen molar-refractivity contribution in [1.29, 1.82) is 0 Å². The van der Waals surface area contributed by atoms with Gasteiger partial charge in [0.25, 0.3) is 0 Å². The molecule has 0 spiro atoms. The molecule has 0 heterocycles. The smallest absolute Gasteiger partial charge is 0.322 e. The molecule has 1 fully saturated rings. The first-order valence-electron chi connectivity index (χ1n) is 5.64. The molecule has 0 radical (unpaired) electrons. The second-order valence-corrected chi connectivity index (χ2v) is 5.56. The summed E-state index contributed by atoms with van der Waals surface area (Å²) in [5.41, 5.74) is 0. The molecular weight excluding hydrogens is 252 g/mol. The number of rotatable bonds is 5. The average Bonchev–Trinajstić information content (AvgIpc) is 3.18. The monoisotopic (exact) mass is 268 g/mol. The van der Waals surface area contributed by atoms with E-state index in [1.807, 2.05) is 18.2 Å². The van der Waals surface area contributed by atoms with E-state index in [0.29, 0.717) is 11.5 Å². The van der Waals surface area contributed by atoms with Crippen LogP contribution in [-0.4, -0.2) is 32.0 Å². The highest BCUT2D eigenvalue weighted by Gasteiger charge is 2.52. The first kappa shape index (κ1) is 13.1. The molecule has 1 aliphatic carbocycles. The van der Waals surface area contributed by atoms with Crippen LogP contribution < -0.4 is 9.47 Å². The van der Waals surface area contributed by atoms with Crippen LogP contribution >= 0.6 is 11.8 Å². The lowest BCUT2D eigenvalue weighted by Crippen LogP contribution is -2.19. The Balaban J connectivity index is 2.18. The van der Waals surface area contributed by atoms with Gasteiger partial charge in [-0.3, -0.25) is 4.79 Å². The van der Waals surface area contributed by atoms with Crippen molar-refractivity contribution in [2.75, 3.05) is 21.3 Å². The molecule has 18 heavy (non-hydrogen) atoms. The SMILES string of the molecule is COC(=O)C1(Sc2ccc(OC)c(OC)c2)CC1. The highest BCUT2D eigenvalue weighted by molar-refractivity contribution is 8.01. The maximum Gasteiger partial charge on any atom is 0.322 e. The van der Waals surface area contributed by atoms with Crippen LogP contribution in [0.3, 0.4) is 0 Å². The van der Waals surface area contributed by atoms with Crippen LogP contribution in [0, 0.1) is 0 Å². The summed E-state index contributed by atoms with van der Waals surface area (Å²) in [6.07, 6.45) is 1.72. The van der Waals surface area contributed by atoms with E-state index in [2.05, 4.69) is 0 Å². The Morgan fingerprint density at radius 2 is 1.83 bits per heavy atom. The topological polar surface area (TPSA) is 44.8 Å². The molecule has 1 aliphatic rings. The first-order valence-corrected chi connectivity index (χ1v) is 6.46. The van der Waals surface area contributed by atoms with Crippen molar-refractivity contribution < 1.29 is 19.0 Å². The van der Waals surface area contributed by atoms with Crippen molar-refractivity contribution >= 4 is 17.7 Å². The zero-order valence-electron chi connectivity index (χ0n) is 10.7. The highest BCUT2D eigenvalue weighted by atomic mass is 32.2. The third kappa shape index (κ3) is 2.41. The van der Waals surface area contributed by atoms with Crippen molar-refractivity contribution in [3.8, 4) is 11.5 Å². The zero-order chi connectivity index (χ0) is 13.2. The van der Waals surface area contributed by atoms with E-state index in [4.69, 9.17) is 14.2 Å². The number of carbonyl (C=O) groups excluding carboxylic acids is 1. The number of ether oxygens (including phenoxy) is 3. The summed E-state index contributed by atoms with van der Waals surface area (Å²) in [7, 11) is 4.62. The average molecular weight is 268 g/mol. The van der Waals surface area contributed by atoms with Crippen LogP contribution in [0.2, 0.25) is 0 Å². The number of benzene rings is 1. The molecule has 98 valence electrons. The Kier molecular flexibility index (Phi) is 3.71. The molecule has 4 nitrogen and oxygen atoms in total. The van der Waals surface area contributed by atoms with Crippen LogP contribution in [0.4, 0.5) is 0 Å². The number of thioether (sulfide) groups is 1. The van der Waals surface area contributed by atoms with Crippen molar-refractivity contribution in [2.45, 2.75) is 22.5 Å². The van der Waals surface area contributed by atoms with Crippen LogP contribution in [0.5, 0.6) is 11.5 Å². The lowest BCUT2D eigenvalue weighted by atomic mass is 10.3. The number of hydrogen-bond donors (Lipinski definition) is 0. The molecule has 0 bridgehead atoms. The van der Waals surface area contributed by atoms with Crippen molar-refractivity contribution in [2.24, 2.45) is 0 Å². The summed E-state index contributed by atoms with van der Waals surface area (Å²) in [6.45, 7) is 0. The molecule has 1 saturated carbocycles. The van der Waals surface area contributed by atoms with Gasteiger partial charge in [0.05, 0.1) is 21.3 Å². The number of carbonyl (C=O) groups is 1. The minimum absolute atomic E-state index is 0.151. The van der Waals surface area contributed by atoms with Gasteiger partial charge in [-0.25, -0.2) is 0 Å². The molecule has 1 aromatic carbocycles. The fourth-order valence-electron chi connectivity index (χ4n) is 1.75. The van der Waals surface area contributed by atoms with E-state index in [0.717, 1.165) is 17.7 Å². The summed E-state index contributed by atoms with van der Waals surface area (Å²) in [6, 6.07) is 5.65. The van der Waals surface area contributed by atoms with Gasteiger partial charge in [-0.05, 0) is 31.0 Å². The lowest BCUT2D eigenvalue weighted by Gasteiger charge is -2.14. The summed E-state index contributed by atoms with van der Waals surface area (Å²) in [5.74, 6) is 1.20. The zero-order valence-corrected chi connectivity index (χ0v) is 11.5. The molecule has 0 unspecified atom stereocenters. The Bertz CT molecular complexity index is 454. The van der Waals surface area contributed by atoms with E-state index >= 15 is 0 Å². The molecule has 0 aliphatic heterocycles. The maximum absolute atomic E-state index is 11.7. The third-order valence-electron chi connectivity index (χ3n) is 2.93. The Morgan fingerprint density at radius 3 is 2.33 bits per heavy atom. The van der Waals surface area contributed by atoms with Crippen LogP contribution in [0.25, 0.3) is 0 Å². The quantitative estimate of drug-likeness (QED) is 0.768. The molecule has 0 saturated heterocycles. The van der Waals surface area contributed by atoms with Crippen molar-refractivity contribution in [1.82, 2.24) is 0 Å². The first-order chi connectivity index (χ1) is 8.65. The fourth-order valence-corrected chi connectivity index (χ4v) is 2.98. The molecule has 5 heteroatoms. The van der Waals surface area contributed by atoms with Crippen molar-refractivity contribution in [3.63, 3.8) is 0 Å². The van der Waals surface area contributed by atoms with Gasteiger partial charge >= 0.3 is 5.97 Å². The van der Waals surface area contributed by atoms with Gasteiger partial charge in [0, 0.05) is 4.90 Å². The van der Waals surface area contributed by atoms with E-state index < -0.39 is 4.75 Å².